The van der Waals surface area contributed by atoms with Gasteiger partial charge in [0.25, 0.3) is 0 Å². The SMILES string of the molecule is CC(=O)N1c2cc(S(=O)(=O)N3CCN(Cc4ccc5c(c4)OCO5)CC3)c(Br)cc2C[C@@H]1C. The Morgan fingerprint density at radius 1 is 1.09 bits per heavy atom. The minimum Gasteiger partial charge on any atom is -0.454 e. The van der Waals surface area contributed by atoms with E-state index in [1.54, 1.807) is 11.0 Å². The molecule has 10 heteroatoms. The lowest BCUT2D eigenvalue weighted by molar-refractivity contribution is -0.116. The predicted molar refractivity (Wildman–Crippen MR) is 127 cm³/mol. The van der Waals surface area contributed by atoms with Crippen LogP contribution in [0.1, 0.15) is 25.0 Å². The molecule has 0 saturated carbocycles. The van der Waals surface area contributed by atoms with E-state index in [2.05, 4.69) is 20.8 Å². The molecule has 2 aromatic rings. The van der Waals surface area contributed by atoms with Crippen molar-refractivity contribution in [3.63, 3.8) is 0 Å². The van der Waals surface area contributed by atoms with Crippen LogP contribution in [0.4, 0.5) is 5.69 Å². The highest BCUT2D eigenvalue weighted by Crippen LogP contribution is 2.39. The van der Waals surface area contributed by atoms with Crippen LogP contribution in [0.15, 0.2) is 39.7 Å². The number of anilines is 1. The van der Waals surface area contributed by atoms with Crippen molar-refractivity contribution in [3.05, 3.63) is 45.9 Å². The maximum atomic E-state index is 13.5. The van der Waals surface area contributed by atoms with Crippen molar-refractivity contribution in [1.82, 2.24) is 9.21 Å². The molecule has 1 saturated heterocycles. The van der Waals surface area contributed by atoms with E-state index in [-0.39, 0.29) is 23.6 Å². The molecule has 2 aromatic carbocycles. The summed E-state index contributed by atoms with van der Waals surface area (Å²) < 4.78 is 39.9. The molecule has 0 bridgehead atoms. The molecule has 1 amide bonds. The fourth-order valence-electron chi connectivity index (χ4n) is 4.86. The first-order valence-electron chi connectivity index (χ1n) is 11.0. The van der Waals surface area contributed by atoms with E-state index in [0.29, 0.717) is 42.8 Å². The van der Waals surface area contributed by atoms with Crippen LogP contribution >= 0.6 is 15.9 Å². The molecule has 0 N–H and O–H groups in total. The third kappa shape index (κ3) is 4.14. The van der Waals surface area contributed by atoms with Gasteiger partial charge in [-0.25, -0.2) is 8.42 Å². The van der Waals surface area contributed by atoms with Crippen molar-refractivity contribution in [2.45, 2.75) is 37.8 Å². The molecule has 0 unspecified atom stereocenters. The van der Waals surface area contributed by atoms with Gasteiger partial charge >= 0.3 is 0 Å². The Balaban J connectivity index is 1.30. The van der Waals surface area contributed by atoms with Gasteiger partial charge in [0.1, 0.15) is 0 Å². The number of hydrogen-bond acceptors (Lipinski definition) is 6. The molecule has 3 heterocycles. The van der Waals surface area contributed by atoms with Crippen LogP contribution in [-0.2, 0) is 27.8 Å². The Bertz CT molecular complexity index is 1210. The van der Waals surface area contributed by atoms with E-state index in [4.69, 9.17) is 9.47 Å². The topological polar surface area (TPSA) is 79.4 Å². The largest absolute Gasteiger partial charge is 0.454 e. The van der Waals surface area contributed by atoms with Gasteiger partial charge in [0.05, 0.1) is 4.90 Å². The van der Waals surface area contributed by atoms with Crippen molar-refractivity contribution in [1.29, 1.82) is 0 Å². The number of amides is 1. The van der Waals surface area contributed by atoms with Crippen LogP contribution < -0.4 is 14.4 Å². The second-order valence-corrected chi connectivity index (χ2v) is 11.5. The Hall–Kier alpha value is -2.14. The molecule has 1 fully saturated rings. The van der Waals surface area contributed by atoms with Crippen LogP contribution in [-0.4, -0.2) is 62.5 Å². The van der Waals surface area contributed by atoms with Gasteiger partial charge in [0.15, 0.2) is 11.5 Å². The summed E-state index contributed by atoms with van der Waals surface area (Å²) >= 11 is 3.47. The van der Waals surface area contributed by atoms with Gasteiger partial charge in [-0.05, 0) is 64.7 Å². The van der Waals surface area contributed by atoms with Gasteiger partial charge in [-0.15, -0.1) is 0 Å². The van der Waals surface area contributed by atoms with Crippen LogP contribution in [0.3, 0.4) is 0 Å². The highest BCUT2D eigenvalue weighted by molar-refractivity contribution is 9.10. The number of hydrogen-bond donors (Lipinski definition) is 0. The van der Waals surface area contributed by atoms with Crippen molar-refractivity contribution in [2.24, 2.45) is 0 Å². The minimum absolute atomic E-state index is 0.0158. The molecule has 176 valence electrons. The number of carbonyl (C=O) groups excluding carboxylic acids is 1. The molecular formula is C23H26BrN3O5S. The fourth-order valence-corrected chi connectivity index (χ4v) is 7.35. The summed E-state index contributed by atoms with van der Waals surface area (Å²) in [7, 11) is -3.70. The van der Waals surface area contributed by atoms with Crippen LogP contribution in [0.5, 0.6) is 11.5 Å². The summed E-state index contributed by atoms with van der Waals surface area (Å²) in [5, 5.41) is 0. The van der Waals surface area contributed by atoms with Gasteiger partial charge in [-0.2, -0.15) is 4.31 Å². The number of fused-ring (bicyclic) bond motifs is 2. The maximum absolute atomic E-state index is 13.5. The molecule has 3 aliphatic rings. The number of sulfonamides is 1. The summed E-state index contributed by atoms with van der Waals surface area (Å²) in [5.74, 6) is 1.43. The standard InChI is InChI=1S/C23H26BrN3O5S/c1-15-9-18-11-19(24)23(12-20(18)27(15)16(2)28)33(29,30)26-7-5-25(6-8-26)13-17-3-4-21-22(10-17)32-14-31-21/h3-4,10-12,15H,5-9,13-14H2,1-2H3/t15-/m0/s1. The minimum atomic E-state index is -3.70. The summed E-state index contributed by atoms with van der Waals surface area (Å²) in [4.78, 5) is 16.3. The van der Waals surface area contributed by atoms with E-state index >= 15 is 0 Å². The number of nitrogens with zero attached hydrogens (tertiary/aromatic N) is 3. The second-order valence-electron chi connectivity index (χ2n) is 8.72. The lowest BCUT2D eigenvalue weighted by atomic mass is 10.1. The average molecular weight is 536 g/mol. The molecule has 8 nitrogen and oxygen atoms in total. The summed E-state index contributed by atoms with van der Waals surface area (Å²) in [6, 6.07) is 9.42. The first-order chi connectivity index (χ1) is 15.7. The normalized spacial score (nSPS) is 20.8. The van der Waals surface area contributed by atoms with E-state index in [9.17, 15) is 13.2 Å². The van der Waals surface area contributed by atoms with E-state index in [1.165, 1.54) is 11.2 Å². The van der Waals surface area contributed by atoms with Crippen molar-refractivity contribution >= 4 is 37.5 Å². The van der Waals surface area contributed by atoms with Crippen molar-refractivity contribution in [2.75, 3.05) is 37.9 Å². The third-order valence-electron chi connectivity index (χ3n) is 6.48. The van der Waals surface area contributed by atoms with Gasteiger partial charge in [-0.1, -0.05) is 6.07 Å². The second kappa shape index (κ2) is 8.57. The average Bonchev–Trinajstić information content (AvgIpc) is 3.36. The zero-order valence-corrected chi connectivity index (χ0v) is 21.0. The molecular weight excluding hydrogens is 510 g/mol. The van der Waals surface area contributed by atoms with E-state index < -0.39 is 10.0 Å². The molecule has 3 aliphatic heterocycles. The Morgan fingerprint density at radius 3 is 2.55 bits per heavy atom. The maximum Gasteiger partial charge on any atom is 0.244 e. The fraction of sp³-hybridized carbons (Fsp3) is 0.435. The van der Waals surface area contributed by atoms with Crippen molar-refractivity contribution < 1.29 is 22.7 Å². The number of benzene rings is 2. The highest BCUT2D eigenvalue weighted by Gasteiger charge is 2.35. The summed E-state index contributed by atoms with van der Waals surface area (Å²) in [6.07, 6.45) is 0.715. The van der Waals surface area contributed by atoms with E-state index in [0.717, 1.165) is 29.2 Å². The smallest absolute Gasteiger partial charge is 0.244 e. The number of ether oxygens (including phenoxy) is 2. The predicted octanol–water partition coefficient (Wildman–Crippen LogP) is 2.98. The zero-order valence-electron chi connectivity index (χ0n) is 18.6. The number of halogens is 1. The molecule has 33 heavy (non-hydrogen) atoms. The highest BCUT2D eigenvalue weighted by atomic mass is 79.9. The molecule has 0 aliphatic carbocycles. The zero-order chi connectivity index (χ0) is 23.3. The van der Waals surface area contributed by atoms with Crippen LogP contribution in [0.25, 0.3) is 0 Å². The van der Waals surface area contributed by atoms with Gasteiger partial charge in [-0.3, -0.25) is 9.69 Å². The number of carbonyl (C=O) groups is 1. The lowest BCUT2D eigenvalue weighted by Gasteiger charge is -2.34. The Labute approximate surface area is 202 Å². The molecule has 0 spiro atoms. The Morgan fingerprint density at radius 2 is 1.82 bits per heavy atom. The summed E-state index contributed by atoms with van der Waals surface area (Å²) in [5.41, 5.74) is 2.78. The molecule has 1 atom stereocenters. The first-order valence-corrected chi connectivity index (χ1v) is 13.2. The van der Waals surface area contributed by atoms with Crippen molar-refractivity contribution in [3.8, 4) is 11.5 Å². The van der Waals surface area contributed by atoms with E-state index in [1.807, 2.05) is 31.2 Å². The van der Waals surface area contributed by atoms with Gasteiger partial charge < -0.3 is 14.4 Å². The van der Waals surface area contributed by atoms with Gasteiger partial charge in [0, 0.05) is 55.8 Å². The third-order valence-corrected chi connectivity index (χ3v) is 9.34. The van der Waals surface area contributed by atoms with Crippen LogP contribution in [0.2, 0.25) is 0 Å². The first kappa shape index (κ1) is 22.6. The summed E-state index contributed by atoms with van der Waals surface area (Å²) in [6.45, 7) is 6.53. The number of rotatable bonds is 4. The van der Waals surface area contributed by atoms with Gasteiger partial charge in [0.2, 0.25) is 22.7 Å². The molecule has 0 radical (unpaired) electrons. The monoisotopic (exact) mass is 535 g/mol. The molecule has 5 rings (SSSR count). The Kier molecular flexibility index (Phi) is 5.88. The lowest BCUT2D eigenvalue weighted by Crippen LogP contribution is -2.48. The number of piperazine rings is 1. The molecule has 0 aromatic heterocycles. The quantitative estimate of drug-likeness (QED) is 0.598. The van der Waals surface area contributed by atoms with Crippen LogP contribution in [0, 0.1) is 0 Å².